The number of nitrogens with zero attached hydrogens (tertiary/aromatic N) is 3. The Morgan fingerprint density at radius 1 is 1.25 bits per heavy atom. The Morgan fingerprint density at radius 3 is 2.60 bits per heavy atom. The fourth-order valence-electron chi connectivity index (χ4n) is 3.23. The summed E-state index contributed by atoms with van der Waals surface area (Å²) >= 11 is 0. The maximum absolute atomic E-state index is 4.88. The Balaban J connectivity index is 1.64. The van der Waals surface area contributed by atoms with Gasteiger partial charge >= 0.3 is 0 Å². The summed E-state index contributed by atoms with van der Waals surface area (Å²) in [6.07, 6.45) is 9.98. The summed E-state index contributed by atoms with van der Waals surface area (Å²) in [7, 11) is 2.05. The van der Waals surface area contributed by atoms with Gasteiger partial charge in [0.25, 0.3) is 0 Å². The van der Waals surface area contributed by atoms with Crippen LogP contribution in [-0.2, 0) is 6.42 Å². The number of imidazole rings is 1. The van der Waals surface area contributed by atoms with E-state index in [9.17, 15) is 0 Å². The Bertz CT molecular complexity index is 428. The first-order chi connectivity index (χ1) is 9.81. The summed E-state index contributed by atoms with van der Waals surface area (Å²) in [5.74, 6) is 2.14. The minimum absolute atomic E-state index is 0.736. The van der Waals surface area contributed by atoms with Gasteiger partial charge < -0.3 is 14.8 Å². The highest BCUT2D eigenvalue weighted by Crippen LogP contribution is 2.39. The smallest absolute Gasteiger partial charge is 0.205 e. The Morgan fingerprint density at radius 2 is 2.00 bits per heavy atom. The van der Waals surface area contributed by atoms with E-state index in [1.54, 1.807) is 0 Å². The molecular formula is C16H28N4. The van der Waals surface area contributed by atoms with Crippen LogP contribution < -0.4 is 10.2 Å². The lowest BCUT2D eigenvalue weighted by Gasteiger charge is -2.33. The van der Waals surface area contributed by atoms with Crippen LogP contribution in [0.25, 0.3) is 0 Å². The number of aryl methyl sites for hydroxylation is 1. The number of nitrogens with one attached hydrogen (secondary N) is 1. The zero-order valence-corrected chi connectivity index (χ0v) is 12.9. The Kier molecular flexibility index (Phi) is 4.29. The topological polar surface area (TPSA) is 33.1 Å². The number of hydrogen-bond donors (Lipinski definition) is 1. The highest BCUT2D eigenvalue weighted by molar-refractivity contribution is 5.35. The highest BCUT2D eigenvalue weighted by atomic mass is 15.3. The van der Waals surface area contributed by atoms with Crippen LogP contribution in [0.5, 0.6) is 0 Å². The van der Waals surface area contributed by atoms with Gasteiger partial charge in [-0.15, -0.1) is 0 Å². The number of aromatic nitrogens is 2. The van der Waals surface area contributed by atoms with Gasteiger partial charge in [-0.05, 0) is 58.0 Å². The summed E-state index contributed by atoms with van der Waals surface area (Å²) < 4.78 is 2.45. The molecule has 112 valence electrons. The molecule has 4 heteroatoms. The quantitative estimate of drug-likeness (QED) is 0.867. The normalized spacial score (nSPS) is 20.6. The molecule has 0 amide bonds. The molecule has 1 saturated carbocycles. The van der Waals surface area contributed by atoms with Gasteiger partial charge in [-0.1, -0.05) is 6.92 Å². The fourth-order valence-corrected chi connectivity index (χ4v) is 3.23. The molecule has 0 atom stereocenters. The summed E-state index contributed by atoms with van der Waals surface area (Å²) in [4.78, 5) is 7.40. The fraction of sp³-hybridized carbons (Fsp3) is 0.812. The van der Waals surface area contributed by atoms with E-state index in [-0.39, 0.29) is 0 Å². The van der Waals surface area contributed by atoms with E-state index in [1.165, 1.54) is 56.8 Å². The third-order valence-electron chi connectivity index (χ3n) is 4.77. The largest absolute Gasteiger partial charge is 0.342 e. The average Bonchev–Trinajstić information content (AvgIpc) is 3.25. The Hall–Kier alpha value is -1.03. The van der Waals surface area contributed by atoms with Gasteiger partial charge in [-0.25, -0.2) is 4.98 Å². The highest BCUT2D eigenvalue weighted by Gasteiger charge is 2.30. The maximum Gasteiger partial charge on any atom is 0.205 e. The monoisotopic (exact) mass is 276 g/mol. The second kappa shape index (κ2) is 6.17. The van der Waals surface area contributed by atoms with Gasteiger partial charge in [0.1, 0.15) is 0 Å². The first-order valence-corrected chi connectivity index (χ1v) is 8.29. The van der Waals surface area contributed by atoms with Crippen molar-refractivity contribution < 1.29 is 0 Å². The molecule has 1 aliphatic carbocycles. The van der Waals surface area contributed by atoms with Crippen molar-refractivity contribution in [1.82, 2.24) is 14.9 Å². The molecule has 0 spiro atoms. The van der Waals surface area contributed by atoms with Crippen molar-refractivity contribution in [2.45, 2.75) is 51.5 Å². The van der Waals surface area contributed by atoms with E-state index in [4.69, 9.17) is 4.98 Å². The van der Waals surface area contributed by atoms with Crippen molar-refractivity contribution in [1.29, 1.82) is 0 Å². The van der Waals surface area contributed by atoms with Crippen LogP contribution in [0.1, 0.15) is 50.8 Å². The standard InChI is InChI=1S/C16H28N4/c1-3-14-12-20(15-4-5-15)16(18-14)19-10-7-13(8-11-19)6-9-17-2/h12-13,15,17H,3-11H2,1-2H3. The molecule has 0 unspecified atom stereocenters. The Labute approximate surface area is 122 Å². The van der Waals surface area contributed by atoms with Gasteiger partial charge in [0.05, 0.1) is 5.69 Å². The third-order valence-corrected chi connectivity index (χ3v) is 4.77. The zero-order chi connectivity index (χ0) is 13.9. The van der Waals surface area contributed by atoms with Crippen molar-refractivity contribution >= 4 is 5.95 Å². The van der Waals surface area contributed by atoms with Crippen LogP contribution in [0, 0.1) is 5.92 Å². The predicted octanol–water partition coefficient (Wildman–Crippen LogP) is 2.61. The van der Waals surface area contributed by atoms with Crippen LogP contribution in [-0.4, -0.2) is 36.2 Å². The van der Waals surface area contributed by atoms with Crippen molar-refractivity contribution in [3.8, 4) is 0 Å². The molecule has 20 heavy (non-hydrogen) atoms. The van der Waals surface area contributed by atoms with Crippen molar-refractivity contribution in [2.75, 3.05) is 31.6 Å². The van der Waals surface area contributed by atoms with Crippen molar-refractivity contribution in [3.05, 3.63) is 11.9 Å². The molecule has 4 nitrogen and oxygen atoms in total. The molecule has 2 fully saturated rings. The minimum Gasteiger partial charge on any atom is -0.342 e. The van der Waals surface area contributed by atoms with E-state index >= 15 is 0 Å². The van der Waals surface area contributed by atoms with Gasteiger partial charge in [-0.3, -0.25) is 0 Å². The first kappa shape index (κ1) is 13.9. The molecule has 2 heterocycles. The summed E-state index contributed by atoms with van der Waals surface area (Å²) in [6.45, 7) is 5.72. The lowest BCUT2D eigenvalue weighted by atomic mass is 9.94. The molecule has 1 aromatic rings. The second-order valence-electron chi connectivity index (χ2n) is 6.35. The van der Waals surface area contributed by atoms with Crippen LogP contribution in [0.15, 0.2) is 6.20 Å². The van der Waals surface area contributed by atoms with Crippen molar-refractivity contribution in [3.63, 3.8) is 0 Å². The molecule has 2 aliphatic rings. The number of anilines is 1. The predicted molar refractivity (Wildman–Crippen MR) is 83.4 cm³/mol. The summed E-state index contributed by atoms with van der Waals surface area (Å²) in [5.41, 5.74) is 1.25. The number of hydrogen-bond acceptors (Lipinski definition) is 3. The lowest BCUT2D eigenvalue weighted by Crippen LogP contribution is -2.36. The SMILES string of the molecule is CCc1cn(C2CC2)c(N2CCC(CCNC)CC2)n1. The summed E-state index contributed by atoms with van der Waals surface area (Å²) in [5, 5.41) is 3.27. The van der Waals surface area contributed by atoms with Gasteiger partial charge in [0.2, 0.25) is 5.95 Å². The molecule has 0 bridgehead atoms. The molecule has 1 aromatic heterocycles. The average molecular weight is 276 g/mol. The van der Waals surface area contributed by atoms with E-state index < -0.39 is 0 Å². The van der Waals surface area contributed by atoms with Crippen molar-refractivity contribution in [2.24, 2.45) is 5.92 Å². The molecule has 1 N–H and O–H groups in total. The van der Waals surface area contributed by atoms with E-state index in [2.05, 4.69) is 27.9 Å². The van der Waals surface area contributed by atoms with Gasteiger partial charge in [0.15, 0.2) is 0 Å². The molecule has 1 saturated heterocycles. The third kappa shape index (κ3) is 3.00. The summed E-state index contributed by atoms with van der Waals surface area (Å²) in [6, 6.07) is 0.736. The minimum atomic E-state index is 0.736. The zero-order valence-electron chi connectivity index (χ0n) is 12.9. The maximum atomic E-state index is 4.88. The molecule has 0 aromatic carbocycles. The second-order valence-corrected chi connectivity index (χ2v) is 6.35. The lowest BCUT2D eigenvalue weighted by molar-refractivity contribution is 0.374. The van der Waals surface area contributed by atoms with Gasteiger partial charge in [0, 0.05) is 25.3 Å². The number of piperidine rings is 1. The van der Waals surface area contributed by atoms with Crippen LogP contribution in [0.4, 0.5) is 5.95 Å². The van der Waals surface area contributed by atoms with Crippen LogP contribution >= 0.6 is 0 Å². The molecule has 1 aliphatic heterocycles. The van der Waals surface area contributed by atoms with Crippen LogP contribution in [0.2, 0.25) is 0 Å². The molecule has 0 radical (unpaired) electrons. The number of rotatable bonds is 6. The van der Waals surface area contributed by atoms with E-state index in [0.29, 0.717) is 0 Å². The molecule has 3 rings (SSSR count). The van der Waals surface area contributed by atoms with Crippen LogP contribution in [0.3, 0.4) is 0 Å². The van der Waals surface area contributed by atoms with Gasteiger partial charge in [-0.2, -0.15) is 0 Å². The van der Waals surface area contributed by atoms with E-state index in [0.717, 1.165) is 24.9 Å². The first-order valence-electron chi connectivity index (χ1n) is 8.29. The van der Waals surface area contributed by atoms with E-state index in [1.807, 2.05) is 7.05 Å². The molecular weight excluding hydrogens is 248 g/mol.